The first kappa shape index (κ1) is 26.5. The lowest BCUT2D eigenvalue weighted by molar-refractivity contribution is -0.166. The van der Waals surface area contributed by atoms with Crippen LogP contribution in [0.1, 0.15) is 48.5 Å². The smallest absolute Gasteiger partial charge is 0.311 e. The Morgan fingerprint density at radius 2 is 1.58 bits per heavy atom. The maximum atomic E-state index is 12.2. The third-order valence-electron chi connectivity index (χ3n) is 4.19. The van der Waals surface area contributed by atoms with E-state index in [1.165, 1.54) is 13.3 Å². The van der Waals surface area contributed by atoms with Crippen molar-refractivity contribution in [2.24, 2.45) is 10.8 Å². The van der Waals surface area contributed by atoms with Crippen LogP contribution in [0.2, 0.25) is 5.15 Å². The molecule has 0 aliphatic heterocycles. The molecule has 0 fully saturated rings. The molecular formula is C21H30ClN5O6. The Hall–Kier alpha value is -2.79. The average Bonchev–Trinajstić information content (AvgIpc) is 3.08. The third-order valence-corrected chi connectivity index (χ3v) is 4.46. The van der Waals surface area contributed by atoms with E-state index in [1.54, 1.807) is 46.1 Å². The van der Waals surface area contributed by atoms with E-state index in [1.807, 2.05) is 0 Å². The number of ether oxygens (including phenoxy) is 3. The maximum absolute atomic E-state index is 12.2. The molecule has 11 nitrogen and oxygen atoms in total. The number of halogens is 1. The van der Waals surface area contributed by atoms with Crippen LogP contribution in [0, 0.1) is 10.8 Å². The van der Waals surface area contributed by atoms with Gasteiger partial charge in [-0.1, -0.05) is 11.6 Å². The van der Waals surface area contributed by atoms with Crippen molar-refractivity contribution < 1.29 is 28.6 Å². The third kappa shape index (κ3) is 7.64. The lowest BCUT2D eigenvalue weighted by Crippen LogP contribution is -2.34. The SMILES string of the molecule is CC(=O)Nc1nc(Cl)c2c(ncn2COC(COC(=O)C(C)(C)C)COC(=O)C(C)(C)C)n1. The van der Waals surface area contributed by atoms with Crippen LogP contribution >= 0.6 is 11.6 Å². The fraction of sp³-hybridized carbons (Fsp3) is 0.619. The highest BCUT2D eigenvalue weighted by molar-refractivity contribution is 6.33. The second-order valence-electron chi connectivity index (χ2n) is 9.52. The number of esters is 2. The normalized spacial score (nSPS) is 12.2. The molecule has 2 aromatic heterocycles. The molecule has 2 aromatic rings. The molecule has 12 heteroatoms. The summed E-state index contributed by atoms with van der Waals surface area (Å²) in [6, 6.07) is 0. The summed E-state index contributed by atoms with van der Waals surface area (Å²) in [4.78, 5) is 47.9. The summed E-state index contributed by atoms with van der Waals surface area (Å²) in [5.41, 5.74) is -0.729. The van der Waals surface area contributed by atoms with E-state index in [4.69, 9.17) is 25.8 Å². The van der Waals surface area contributed by atoms with Crippen LogP contribution in [-0.4, -0.2) is 56.7 Å². The Labute approximate surface area is 197 Å². The second-order valence-corrected chi connectivity index (χ2v) is 9.88. The van der Waals surface area contributed by atoms with Crippen LogP contribution < -0.4 is 5.32 Å². The number of amides is 1. The maximum Gasteiger partial charge on any atom is 0.311 e. The van der Waals surface area contributed by atoms with Gasteiger partial charge in [0, 0.05) is 6.92 Å². The molecule has 1 N–H and O–H groups in total. The van der Waals surface area contributed by atoms with Gasteiger partial charge < -0.3 is 18.8 Å². The summed E-state index contributed by atoms with van der Waals surface area (Å²) in [7, 11) is 0. The van der Waals surface area contributed by atoms with Crippen LogP contribution in [0.25, 0.3) is 11.2 Å². The molecule has 0 aliphatic carbocycles. The lowest BCUT2D eigenvalue weighted by Gasteiger charge is -2.23. The summed E-state index contributed by atoms with van der Waals surface area (Å²) in [6.07, 6.45) is 0.709. The van der Waals surface area contributed by atoms with E-state index in [-0.39, 0.29) is 42.6 Å². The summed E-state index contributed by atoms with van der Waals surface area (Å²) in [5, 5.41) is 2.52. The van der Waals surface area contributed by atoms with Gasteiger partial charge in [-0.25, -0.2) is 4.98 Å². The summed E-state index contributed by atoms with van der Waals surface area (Å²) in [5.74, 6) is -1.13. The van der Waals surface area contributed by atoms with Gasteiger partial charge in [0.2, 0.25) is 11.9 Å². The van der Waals surface area contributed by atoms with Crippen molar-refractivity contribution >= 4 is 46.6 Å². The summed E-state index contributed by atoms with van der Waals surface area (Å²) < 4.78 is 18.1. The average molecular weight is 484 g/mol. The minimum atomic E-state index is -0.738. The fourth-order valence-electron chi connectivity index (χ4n) is 2.35. The molecule has 0 aliphatic rings. The zero-order chi connectivity index (χ0) is 25.0. The Kier molecular flexibility index (Phi) is 8.36. The van der Waals surface area contributed by atoms with Crippen LogP contribution in [0.5, 0.6) is 0 Å². The van der Waals surface area contributed by atoms with Crippen molar-refractivity contribution in [3.8, 4) is 0 Å². The highest BCUT2D eigenvalue weighted by Gasteiger charge is 2.27. The highest BCUT2D eigenvalue weighted by atomic mass is 35.5. The first-order chi connectivity index (χ1) is 15.2. The number of carbonyl (C=O) groups is 3. The van der Waals surface area contributed by atoms with Crippen molar-refractivity contribution in [3.63, 3.8) is 0 Å². The van der Waals surface area contributed by atoms with Crippen molar-refractivity contribution in [2.45, 2.75) is 61.3 Å². The molecule has 1 amide bonds. The quantitative estimate of drug-likeness (QED) is 0.444. The van der Waals surface area contributed by atoms with E-state index < -0.39 is 28.9 Å². The fourth-order valence-corrected chi connectivity index (χ4v) is 2.62. The molecule has 2 heterocycles. The lowest BCUT2D eigenvalue weighted by atomic mass is 9.97. The van der Waals surface area contributed by atoms with Gasteiger partial charge in [0.05, 0.1) is 17.2 Å². The monoisotopic (exact) mass is 483 g/mol. The van der Waals surface area contributed by atoms with E-state index in [0.29, 0.717) is 5.52 Å². The Morgan fingerprint density at radius 3 is 2.06 bits per heavy atom. The minimum absolute atomic E-state index is 0.0345. The molecule has 0 radical (unpaired) electrons. The Bertz CT molecular complexity index is 995. The molecule has 0 unspecified atom stereocenters. The molecule has 2 rings (SSSR count). The zero-order valence-corrected chi connectivity index (χ0v) is 20.6. The number of fused-ring (bicyclic) bond motifs is 1. The second kappa shape index (κ2) is 10.4. The van der Waals surface area contributed by atoms with Gasteiger partial charge in [-0.15, -0.1) is 0 Å². The summed E-state index contributed by atoms with van der Waals surface area (Å²) >= 11 is 6.26. The molecular weight excluding hydrogens is 454 g/mol. The molecule has 0 aromatic carbocycles. The number of hydrogen-bond donors (Lipinski definition) is 1. The van der Waals surface area contributed by atoms with Crippen molar-refractivity contribution in [1.29, 1.82) is 0 Å². The minimum Gasteiger partial charge on any atom is -0.462 e. The number of hydrogen-bond acceptors (Lipinski definition) is 9. The molecule has 182 valence electrons. The van der Waals surface area contributed by atoms with Crippen LogP contribution in [0.4, 0.5) is 5.95 Å². The highest BCUT2D eigenvalue weighted by Crippen LogP contribution is 2.22. The molecule has 0 saturated heterocycles. The predicted octanol–water partition coefficient (Wildman–Crippen LogP) is 2.96. The number of imidazole rings is 1. The zero-order valence-electron chi connectivity index (χ0n) is 19.9. The first-order valence-electron chi connectivity index (χ1n) is 10.3. The number of carbonyl (C=O) groups excluding carboxylic acids is 3. The number of nitrogens with zero attached hydrogens (tertiary/aromatic N) is 4. The van der Waals surface area contributed by atoms with E-state index in [0.717, 1.165) is 0 Å². The van der Waals surface area contributed by atoms with E-state index >= 15 is 0 Å². The number of aromatic nitrogens is 4. The van der Waals surface area contributed by atoms with Gasteiger partial charge in [-0.3, -0.25) is 19.7 Å². The van der Waals surface area contributed by atoms with E-state index in [9.17, 15) is 14.4 Å². The van der Waals surface area contributed by atoms with E-state index in [2.05, 4.69) is 20.3 Å². The van der Waals surface area contributed by atoms with Crippen LogP contribution in [0.3, 0.4) is 0 Å². The van der Waals surface area contributed by atoms with Crippen molar-refractivity contribution in [1.82, 2.24) is 19.5 Å². The number of rotatable bonds is 8. The van der Waals surface area contributed by atoms with Crippen LogP contribution in [0.15, 0.2) is 6.33 Å². The van der Waals surface area contributed by atoms with Crippen molar-refractivity contribution in [2.75, 3.05) is 18.5 Å². The van der Waals surface area contributed by atoms with Gasteiger partial charge in [0.15, 0.2) is 10.8 Å². The van der Waals surface area contributed by atoms with Gasteiger partial charge >= 0.3 is 11.9 Å². The van der Waals surface area contributed by atoms with Crippen molar-refractivity contribution in [3.05, 3.63) is 11.5 Å². The largest absolute Gasteiger partial charge is 0.462 e. The Balaban J connectivity index is 2.14. The number of nitrogens with one attached hydrogen (secondary N) is 1. The number of anilines is 1. The topological polar surface area (TPSA) is 135 Å². The first-order valence-corrected chi connectivity index (χ1v) is 10.7. The van der Waals surface area contributed by atoms with Gasteiger partial charge in [0.25, 0.3) is 0 Å². The van der Waals surface area contributed by atoms with Gasteiger partial charge in [0.1, 0.15) is 31.6 Å². The molecule has 0 atom stereocenters. The summed E-state index contributed by atoms with van der Waals surface area (Å²) in [6.45, 7) is 11.5. The van der Waals surface area contributed by atoms with Gasteiger partial charge in [-0.2, -0.15) is 9.97 Å². The molecule has 0 bridgehead atoms. The molecule has 33 heavy (non-hydrogen) atoms. The van der Waals surface area contributed by atoms with Crippen LogP contribution in [-0.2, 0) is 35.3 Å². The predicted molar refractivity (Wildman–Crippen MR) is 120 cm³/mol. The van der Waals surface area contributed by atoms with Gasteiger partial charge in [-0.05, 0) is 41.5 Å². The Morgan fingerprint density at radius 1 is 1.03 bits per heavy atom. The molecule has 0 spiro atoms. The molecule has 0 saturated carbocycles. The standard InChI is InChI=1S/C21H30ClN5O6/c1-12(28)24-19-25-15(22)14-16(26-19)23-10-27(14)11-33-13(8-31-17(29)20(2,3)4)9-32-18(30)21(5,6)7/h10,13H,8-9,11H2,1-7H3,(H,24,25,26,28).